The van der Waals surface area contributed by atoms with Gasteiger partial charge in [-0.25, -0.2) is 4.98 Å². The van der Waals surface area contributed by atoms with Crippen LogP contribution in [0.5, 0.6) is 0 Å². The van der Waals surface area contributed by atoms with Gasteiger partial charge in [0.05, 0.1) is 0 Å². The summed E-state index contributed by atoms with van der Waals surface area (Å²) in [6.07, 6.45) is 2.80. The van der Waals surface area contributed by atoms with Gasteiger partial charge < -0.3 is 16.8 Å². The number of hydrogen-bond donors (Lipinski definition) is 3. The van der Waals surface area contributed by atoms with Crippen LogP contribution in [0.25, 0.3) is 0 Å². The molecule has 0 radical (unpaired) electrons. The van der Waals surface area contributed by atoms with E-state index in [1.807, 2.05) is 7.05 Å². The van der Waals surface area contributed by atoms with Gasteiger partial charge in [-0.3, -0.25) is 14.2 Å². The van der Waals surface area contributed by atoms with Gasteiger partial charge in [0.2, 0.25) is 6.41 Å². The van der Waals surface area contributed by atoms with E-state index in [1.165, 1.54) is 6.42 Å². The number of rotatable bonds is 4. The largest absolute Gasteiger partial charge is 0.383 e. The topological polar surface area (TPSA) is 116 Å². The average Bonchev–Trinajstić information content (AvgIpc) is 2.61. The lowest BCUT2D eigenvalue weighted by Crippen LogP contribution is -2.14. The molecule has 90 valence electrons. The minimum atomic E-state index is -0.747. The van der Waals surface area contributed by atoms with Crippen molar-refractivity contribution in [3.05, 3.63) is 12.0 Å². The highest BCUT2D eigenvalue weighted by Crippen LogP contribution is 2.05. The molecule has 1 aromatic heterocycles. The average molecular weight is 227 g/mol. The molecule has 7 nitrogen and oxygen atoms in total. The van der Waals surface area contributed by atoms with Crippen molar-refractivity contribution in [3.63, 3.8) is 0 Å². The molecule has 5 N–H and O–H groups in total. The number of anilines is 1. The lowest BCUT2D eigenvalue weighted by molar-refractivity contribution is 0.0997. The Labute approximate surface area is 93.8 Å². The molecule has 16 heavy (non-hydrogen) atoms. The van der Waals surface area contributed by atoms with E-state index in [2.05, 4.69) is 17.2 Å². The first-order chi connectivity index (χ1) is 7.58. The molecule has 0 spiro atoms. The second kappa shape index (κ2) is 7.41. The van der Waals surface area contributed by atoms with Crippen molar-refractivity contribution in [3.8, 4) is 0 Å². The molecule has 0 aliphatic carbocycles. The first kappa shape index (κ1) is 14.1. The number of nitrogen functional groups attached to an aromatic ring is 1. The van der Waals surface area contributed by atoms with E-state index in [9.17, 15) is 9.59 Å². The van der Waals surface area contributed by atoms with Crippen LogP contribution >= 0.6 is 0 Å². The van der Waals surface area contributed by atoms with Crippen LogP contribution in [0.2, 0.25) is 0 Å². The molecule has 0 aromatic carbocycles. The number of aromatic nitrogens is 2. The molecule has 0 aliphatic heterocycles. The van der Waals surface area contributed by atoms with Gasteiger partial charge in [0.1, 0.15) is 12.1 Å². The number of nitrogens with zero attached hydrogens (tertiary/aromatic N) is 2. The Balaban J connectivity index is 0.000000385. The van der Waals surface area contributed by atoms with Gasteiger partial charge in [-0.1, -0.05) is 6.92 Å². The molecule has 1 aromatic rings. The summed E-state index contributed by atoms with van der Waals surface area (Å²) in [6.45, 7) is 3.29. The van der Waals surface area contributed by atoms with E-state index in [0.717, 1.165) is 17.4 Å². The summed E-state index contributed by atoms with van der Waals surface area (Å²) in [6, 6.07) is 0. The van der Waals surface area contributed by atoms with Crippen molar-refractivity contribution in [1.29, 1.82) is 0 Å². The first-order valence-corrected chi connectivity index (χ1v) is 4.80. The Morgan fingerprint density at radius 1 is 1.69 bits per heavy atom. The minimum absolute atomic E-state index is 0.0347. The molecule has 0 saturated carbocycles. The van der Waals surface area contributed by atoms with Crippen LogP contribution in [0.3, 0.4) is 0 Å². The number of carbonyl (C=O) groups is 2. The number of nitrogens with two attached hydrogens (primary N) is 2. The fourth-order valence-electron chi connectivity index (χ4n) is 0.894. The van der Waals surface area contributed by atoms with E-state index in [-0.39, 0.29) is 11.5 Å². The van der Waals surface area contributed by atoms with Crippen molar-refractivity contribution in [1.82, 2.24) is 14.9 Å². The second-order valence-electron chi connectivity index (χ2n) is 2.96. The van der Waals surface area contributed by atoms with E-state index in [1.54, 1.807) is 0 Å². The molecular weight excluding hydrogens is 210 g/mol. The van der Waals surface area contributed by atoms with Crippen LogP contribution in [-0.2, 0) is 4.79 Å². The summed E-state index contributed by atoms with van der Waals surface area (Å²) in [5, 5.41) is 3.02. The van der Waals surface area contributed by atoms with Gasteiger partial charge in [-0.2, -0.15) is 0 Å². The number of carbonyl (C=O) groups excluding carboxylic acids is 2. The molecule has 7 heteroatoms. The van der Waals surface area contributed by atoms with Crippen LogP contribution in [-0.4, -0.2) is 35.5 Å². The normalized spacial score (nSPS) is 9.12. The smallest absolute Gasteiger partial charge is 0.271 e. The van der Waals surface area contributed by atoms with E-state index >= 15 is 0 Å². The van der Waals surface area contributed by atoms with Crippen LogP contribution in [0.4, 0.5) is 5.82 Å². The van der Waals surface area contributed by atoms with Crippen molar-refractivity contribution in [2.45, 2.75) is 13.3 Å². The zero-order chi connectivity index (χ0) is 12.6. The lowest BCUT2D eigenvalue weighted by Gasteiger charge is -1.92. The Bertz CT molecular complexity index is 346. The molecule has 0 saturated heterocycles. The zero-order valence-corrected chi connectivity index (χ0v) is 9.43. The number of primary amides is 1. The van der Waals surface area contributed by atoms with Gasteiger partial charge >= 0.3 is 0 Å². The molecule has 0 bridgehead atoms. The number of hydrogen-bond acceptors (Lipinski definition) is 5. The summed E-state index contributed by atoms with van der Waals surface area (Å²) in [5.41, 5.74) is 10.1. The molecule has 0 aliphatic rings. The van der Waals surface area contributed by atoms with E-state index in [0.29, 0.717) is 6.41 Å². The van der Waals surface area contributed by atoms with Crippen molar-refractivity contribution >= 4 is 18.1 Å². The SMILES string of the molecule is CCCNC.NC(=O)c1ncn(C=O)c1N. The van der Waals surface area contributed by atoms with Crippen LogP contribution < -0.4 is 16.8 Å². The Morgan fingerprint density at radius 2 is 2.31 bits per heavy atom. The third kappa shape index (κ3) is 4.09. The molecular formula is C9H17N5O2. The maximum absolute atomic E-state index is 10.5. The van der Waals surface area contributed by atoms with Crippen LogP contribution in [0.1, 0.15) is 23.8 Å². The van der Waals surface area contributed by atoms with Crippen molar-refractivity contribution in [2.24, 2.45) is 5.73 Å². The quantitative estimate of drug-likeness (QED) is 0.583. The standard InChI is InChI=1S/C5H6N4O2.C4H11N/c6-4-3(5(7)11)8-1-9(4)2-10;1-3-4-5-2/h1-2H,6H2,(H2,7,11);5H,3-4H2,1-2H3. The molecule has 0 unspecified atom stereocenters. The third-order valence-corrected chi connectivity index (χ3v) is 1.68. The van der Waals surface area contributed by atoms with Crippen LogP contribution in [0.15, 0.2) is 6.33 Å². The number of amides is 1. The van der Waals surface area contributed by atoms with Gasteiger partial charge in [0.25, 0.3) is 5.91 Å². The summed E-state index contributed by atoms with van der Waals surface area (Å²) in [4.78, 5) is 24.2. The fraction of sp³-hybridized carbons (Fsp3) is 0.444. The summed E-state index contributed by atoms with van der Waals surface area (Å²) < 4.78 is 0.972. The minimum Gasteiger partial charge on any atom is -0.383 e. The van der Waals surface area contributed by atoms with Crippen molar-refractivity contribution < 1.29 is 9.59 Å². The highest BCUT2D eigenvalue weighted by atomic mass is 16.1. The lowest BCUT2D eigenvalue weighted by atomic mass is 10.4. The summed E-state index contributed by atoms with van der Waals surface area (Å²) in [7, 11) is 1.96. The molecule has 1 heterocycles. The fourth-order valence-corrected chi connectivity index (χ4v) is 0.894. The summed E-state index contributed by atoms with van der Waals surface area (Å²) >= 11 is 0. The second-order valence-corrected chi connectivity index (χ2v) is 2.96. The van der Waals surface area contributed by atoms with Gasteiger partial charge in [0.15, 0.2) is 5.69 Å². The highest BCUT2D eigenvalue weighted by Gasteiger charge is 2.11. The third-order valence-electron chi connectivity index (χ3n) is 1.68. The Kier molecular flexibility index (Phi) is 6.53. The van der Waals surface area contributed by atoms with Gasteiger partial charge in [-0.05, 0) is 20.0 Å². The molecule has 1 rings (SSSR count). The molecule has 0 fully saturated rings. The summed E-state index contributed by atoms with van der Waals surface area (Å²) in [5.74, 6) is -0.782. The Hall–Kier alpha value is -1.89. The zero-order valence-electron chi connectivity index (χ0n) is 9.43. The van der Waals surface area contributed by atoms with Gasteiger partial charge in [-0.15, -0.1) is 0 Å². The molecule has 0 atom stereocenters. The van der Waals surface area contributed by atoms with Gasteiger partial charge in [0, 0.05) is 0 Å². The maximum atomic E-state index is 10.5. The maximum Gasteiger partial charge on any atom is 0.271 e. The monoisotopic (exact) mass is 227 g/mol. The van der Waals surface area contributed by atoms with Crippen molar-refractivity contribution in [2.75, 3.05) is 19.3 Å². The number of nitrogens with one attached hydrogen (secondary N) is 1. The first-order valence-electron chi connectivity index (χ1n) is 4.80. The van der Waals surface area contributed by atoms with Crippen LogP contribution in [0, 0.1) is 0 Å². The van der Waals surface area contributed by atoms with E-state index in [4.69, 9.17) is 11.5 Å². The predicted octanol–water partition coefficient (Wildman–Crippen LogP) is -0.782. The Morgan fingerprint density at radius 3 is 2.50 bits per heavy atom. The highest BCUT2D eigenvalue weighted by molar-refractivity contribution is 5.96. The molecule has 1 amide bonds. The predicted molar refractivity (Wildman–Crippen MR) is 61.5 cm³/mol. The number of imidazole rings is 1. The van der Waals surface area contributed by atoms with E-state index < -0.39 is 5.91 Å².